The Morgan fingerprint density at radius 3 is 2.53 bits per heavy atom. The SMILES string of the molecule is COc1cc(-c2cc(C(=O)N3CC[C@H](C(=O)N[C@H]4CC[C@@](O)(C(F)(F)F)CC4)CC34CC4)n[nH]2)c(F)cn1. The van der Waals surface area contributed by atoms with Crippen LogP contribution in [0.3, 0.4) is 0 Å². The molecule has 1 saturated heterocycles. The number of methoxy groups -OCH3 is 1. The van der Waals surface area contributed by atoms with Crippen molar-refractivity contribution in [1.29, 1.82) is 0 Å². The van der Waals surface area contributed by atoms with Crippen LogP contribution in [0.4, 0.5) is 17.6 Å². The van der Waals surface area contributed by atoms with Crippen molar-refractivity contribution in [2.45, 2.75) is 74.7 Å². The molecule has 3 heterocycles. The summed E-state index contributed by atoms with van der Waals surface area (Å²) in [7, 11) is 1.41. The molecule has 9 nitrogen and oxygen atoms in total. The normalized spacial score (nSPS) is 26.7. The Morgan fingerprint density at radius 2 is 1.89 bits per heavy atom. The predicted molar refractivity (Wildman–Crippen MR) is 125 cm³/mol. The maximum Gasteiger partial charge on any atom is 0.417 e. The Labute approximate surface area is 215 Å². The number of alkyl halides is 3. The molecule has 3 fully saturated rings. The molecular weight excluding hydrogens is 510 g/mol. The van der Waals surface area contributed by atoms with E-state index in [4.69, 9.17) is 4.74 Å². The van der Waals surface area contributed by atoms with Gasteiger partial charge in [0.15, 0.2) is 17.1 Å². The molecule has 206 valence electrons. The molecule has 2 amide bonds. The minimum atomic E-state index is -4.69. The number of aromatic nitrogens is 3. The van der Waals surface area contributed by atoms with Crippen LogP contribution < -0.4 is 10.1 Å². The molecule has 1 spiro atoms. The number of aromatic amines is 1. The lowest BCUT2D eigenvalue weighted by molar-refractivity contribution is -0.270. The fourth-order valence-corrected chi connectivity index (χ4v) is 5.64. The molecule has 3 aliphatic rings. The van der Waals surface area contributed by atoms with Crippen molar-refractivity contribution in [1.82, 2.24) is 25.4 Å². The van der Waals surface area contributed by atoms with E-state index in [0.717, 1.165) is 19.0 Å². The Morgan fingerprint density at radius 1 is 1.18 bits per heavy atom. The van der Waals surface area contributed by atoms with Crippen LogP contribution in [0.25, 0.3) is 11.3 Å². The van der Waals surface area contributed by atoms with Crippen molar-refractivity contribution in [3.05, 3.63) is 29.8 Å². The molecular formula is C25H29F4N5O4. The van der Waals surface area contributed by atoms with Gasteiger partial charge < -0.3 is 20.1 Å². The molecule has 0 unspecified atom stereocenters. The third-order valence-corrected chi connectivity index (χ3v) is 8.16. The van der Waals surface area contributed by atoms with Crippen LogP contribution in [-0.4, -0.2) is 74.0 Å². The number of amides is 2. The molecule has 38 heavy (non-hydrogen) atoms. The first-order valence-corrected chi connectivity index (χ1v) is 12.6. The Balaban J connectivity index is 1.20. The molecule has 2 aromatic rings. The second-order valence-electron chi connectivity index (χ2n) is 10.6. The summed E-state index contributed by atoms with van der Waals surface area (Å²) in [6.45, 7) is 0.328. The molecule has 3 N–H and O–H groups in total. The van der Waals surface area contributed by atoms with Gasteiger partial charge in [-0.3, -0.25) is 14.7 Å². The molecule has 1 aliphatic heterocycles. The number of ether oxygens (including phenoxy) is 1. The fraction of sp³-hybridized carbons (Fsp3) is 0.600. The maximum absolute atomic E-state index is 14.3. The third kappa shape index (κ3) is 4.83. The first-order valence-electron chi connectivity index (χ1n) is 12.6. The number of pyridine rings is 1. The fourth-order valence-electron chi connectivity index (χ4n) is 5.64. The standard InChI is InChI=1S/C25H29F4N5O4/c1-38-20-10-16(17(26)13-30-20)18-11-19(33-32-18)22(36)34-9-4-14(12-23(34)7-8-23)21(35)31-15-2-5-24(37,6-3-15)25(27,28)29/h10-11,13-15,37H,2-9,12H2,1H3,(H,31,35)(H,32,33)/t14-,15-,24-/m0/s1. The van der Waals surface area contributed by atoms with Crippen LogP contribution in [0.2, 0.25) is 0 Å². The van der Waals surface area contributed by atoms with E-state index in [2.05, 4.69) is 20.5 Å². The van der Waals surface area contributed by atoms with Gasteiger partial charge in [0, 0.05) is 35.7 Å². The average molecular weight is 540 g/mol. The van der Waals surface area contributed by atoms with E-state index in [9.17, 15) is 32.3 Å². The van der Waals surface area contributed by atoms with E-state index in [0.29, 0.717) is 25.1 Å². The highest BCUT2D eigenvalue weighted by Crippen LogP contribution is 2.50. The summed E-state index contributed by atoms with van der Waals surface area (Å²) >= 11 is 0. The number of aliphatic hydroxyl groups is 1. The number of carbonyl (C=O) groups is 2. The summed E-state index contributed by atoms with van der Waals surface area (Å²) in [6.07, 6.45) is -2.12. The second-order valence-corrected chi connectivity index (χ2v) is 10.6. The topological polar surface area (TPSA) is 120 Å². The van der Waals surface area contributed by atoms with Crippen molar-refractivity contribution >= 4 is 11.8 Å². The first kappa shape index (κ1) is 26.4. The predicted octanol–water partition coefficient (Wildman–Crippen LogP) is 3.36. The quantitative estimate of drug-likeness (QED) is 0.502. The molecule has 0 bridgehead atoms. The summed E-state index contributed by atoms with van der Waals surface area (Å²) in [5.74, 6) is -1.29. The molecule has 2 aliphatic carbocycles. The number of hydrogen-bond donors (Lipinski definition) is 3. The summed E-state index contributed by atoms with van der Waals surface area (Å²) < 4.78 is 58.5. The van der Waals surface area contributed by atoms with Crippen molar-refractivity contribution in [3.8, 4) is 17.1 Å². The Bertz CT molecular complexity index is 1220. The number of piperidine rings is 1. The number of rotatable bonds is 5. The minimum Gasteiger partial charge on any atom is -0.481 e. The number of nitrogens with one attached hydrogen (secondary N) is 2. The van der Waals surface area contributed by atoms with Gasteiger partial charge >= 0.3 is 6.18 Å². The highest BCUT2D eigenvalue weighted by atomic mass is 19.4. The first-order chi connectivity index (χ1) is 17.9. The largest absolute Gasteiger partial charge is 0.481 e. The summed E-state index contributed by atoms with van der Waals surface area (Å²) in [4.78, 5) is 31.8. The van der Waals surface area contributed by atoms with Gasteiger partial charge in [0.1, 0.15) is 0 Å². The molecule has 5 rings (SSSR count). The number of carbonyl (C=O) groups excluding carboxylic acids is 2. The number of hydrogen-bond acceptors (Lipinski definition) is 6. The van der Waals surface area contributed by atoms with Gasteiger partial charge in [-0.25, -0.2) is 9.37 Å². The van der Waals surface area contributed by atoms with Gasteiger partial charge in [-0.15, -0.1) is 0 Å². The van der Waals surface area contributed by atoms with Crippen molar-refractivity contribution in [3.63, 3.8) is 0 Å². The minimum absolute atomic E-state index is 0.0513. The van der Waals surface area contributed by atoms with Gasteiger partial charge in [0.2, 0.25) is 11.8 Å². The van der Waals surface area contributed by atoms with E-state index < -0.39 is 42.0 Å². The smallest absolute Gasteiger partial charge is 0.417 e. The van der Waals surface area contributed by atoms with E-state index >= 15 is 0 Å². The molecule has 2 aromatic heterocycles. The highest BCUT2D eigenvalue weighted by Gasteiger charge is 2.56. The van der Waals surface area contributed by atoms with Gasteiger partial charge in [0.05, 0.1) is 19.0 Å². The van der Waals surface area contributed by atoms with E-state index in [1.165, 1.54) is 19.2 Å². The van der Waals surface area contributed by atoms with Crippen LogP contribution in [0.15, 0.2) is 18.3 Å². The zero-order valence-corrected chi connectivity index (χ0v) is 20.8. The van der Waals surface area contributed by atoms with Crippen LogP contribution in [-0.2, 0) is 4.79 Å². The molecule has 0 aromatic carbocycles. The number of halogens is 4. The number of H-pyrrole nitrogens is 1. The summed E-state index contributed by atoms with van der Waals surface area (Å²) in [6, 6.07) is 2.45. The lowest BCUT2D eigenvalue weighted by atomic mass is 9.81. The lowest BCUT2D eigenvalue weighted by Crippen LogP contribution is -2.54. The van der Waals surface area contributed by atoms with Gasteiger partial charge in [-0.1, -0.05) is 0 Å². The maximum atomic E-state index is 14.3. The van der Waals surface area contributed by atoms with Crippen LogP contribution in [0.5, 0.6) is 5.88 Å². The summed E-state index contributed by atoms with van der Waals surface area (Å²) in [5, 5.41) is 19.5. The van der Waals surface area contributed by atoms with Gasteiger partial charge in [0.25, 0.3) is 5.91 Å². The molecule has 13 heteroatoms. The monoisotopic (exact) mass is 539 g/mol. The molecule has 0 radical (unpaired) electrons. The highest BCUT2D eigenvalue weighted by molar-refractivity contribution is 5.94. The zero-order valence-electron chi connectivity index (χ0n) is 20.8. The van der Waals surface area contributed by atoms with Crippen molar-refractivity contribution in [2.24, 2.45) is 5.92 Å². The van der Waals surface area contributed by atoms with Crippen LogP contribution in [0, 0.1) is 11.7 Å². The number of likely N-dealkylation sites (tertiary alicyclic amines) is 1. The van der Waals surface area contributed by atoms with Crippen LogP contribution in [0.1, 0.15) is 61.9 Å². The average Bonchev–Trinajstić information content (AvgIpc) is 3.46. The van der Waals surface area contributed by atoms with E-state index in [-0.39, 0.29) is 47.7 Å². The van der Waals surface area contributed by atoms with E-state index in [1.807, 2.05) is 0 Å². The van der Waals surface area contributed by atoms with Crippen LogP contribution >= 0.6 is 0 Å². The molecule has 1 atom stereocenters. The molecule has 2 saturated carbocycles. The van der Waals surface area contributed by atoms with Gasteiger partial charge in [-0.05, 0) is 57.4 Å². The lowest BCUT2D eigenvalue weighted by Gasteiger charge is -2.41. The summed E-state index contributed by atoms with van der Waals surface area (Å²) in [5.41, 5.74) is -2.57. The van der Waals surface area contributed by atoms with Crippen molar-refractivity contribution < 1.29 is 37.0 Å². The number of nitrogens with zero attached hydrogens (tertiary/aromatic N) is 3. The Kier molecular flexibility index (Phi) is 6.60. The van der Waals surface area contributed by atoms with E-state index in [1.54, 1.807) is 4.90 Å². The third-order valence-electron chi connectivity index (χ3n) is 8.16. The van der Waals surface area contributed by atoms with Gasteiger partial charge in [-0.2, -0.15) is 18.3 Å². The second kappa shape index (κ2) is 9.51. The van der Waals surface area contributed by atoms with Crippen molar-refractivity contribution in [2.75, 3.05) is 13.7 Å². The Hall–Kier alpha value is -3.22. The zero-order chi connectivity index (χ0) is 27.3.